The number of nitrogens with one attached hydrogen (secondary N) is 1. The molecule has 1 aromatic carbocycles. The monoisotopic (exact) mass is 329 g/mol. The van der Waals surface area contributed by atoms with E-state index in [0.29, 0.717) is 6.54 Å². The number of aromatic amines is 1. The van der Waals surface area contributed by atoms with Crippen LogP contribution in [0.3, 0.4) is 0 Å². The molecule has 96 valence electrons. The maximum Gasteiger partial charge on any atom is 0.260 e. The lowest BCUT2D eigenvalue weighted by Crippen LogP contribution is -2.26. The van der Waals surface area contributed by atoms with E-state index in [9.17, 15) is 8.42 Å². The molecule has 0 saturated heterocycles. The van der Waals surface area contributed by atoms with E-state index >= 15 is 0 Å². The van der Waals surface area contributed by atoms with Gasteiger partial charge < -0.3 is 4.98 Å². The molecule has 18 heavy (non-hydrogen) atoms. The molecule has 0 fully saturated rings. The van der Waals surface area contributed by atoms with Gasteiger partial charge in [0.25, 0.3) is 10.0 Å². The second-order valence-electron chi connectivity index (χ2n) is 3.80. The van der Waals surface area contributed by atoms with E-state index in [2.05, 4.69) is 25.9 Å². The first kappa shape index (κ1) is 13.3. The number of H-pyrrole nitrogens is 1. The average molecular weight is 330 g/mol. The fourth-order valence-electron chi connectivity index (χ4n) is 1.48. The smallest absolute Gasteiger partial charge is 0.260 e. The van der Waals surface area contributed by atoms with Gasteiger partial charge in [0.1, 0.15) is 0 Å². The van der Waals surface area contributed by atoms with Crippen molar-refractivity contribution in [1.82, 2.24) is 14.3 Å². The summed E-state index contributed by atoms with van der Waals surface area (Å²) in [7, 11) is -1.96. The summed E-state index contributed by atoms with van der Waals surface area (Å²) in [5.74, 6) is 0. The van der Waals surface area contributed by atoms with E-state index in [-0.39, 0.29) is 5.03 Å². The number of rotatable bonds is 4. The summed E-state index contributed by atoms with van der Waals surface area (Å²) in [4.78, 5) is 6.33. The molecule has 0 spiro atoms. The quantitative estimate of drug-likeness (QED) is 0.932. The van der Waals surface area contributed by atoms with Gasteiger partial charge in [-0.25, -0.2) is 13.4 Å². The molecular formula is C11H12BrN3O2S. The Morgan fingerprint density at radius 1 is 1.33 bits per heavy atom. The van der Waals surface area contributed by atoms with E-state index in [1.807, 2.05) is 24.3 Å². The maximum absolute atomic E-state index is 12.1. The molecule has 7 heteroatoms. The minimum atomic E-state index is -3.50. The van der Waals surface area contributed by atoms with Crippen molar-refractivity contribution in [2.75, 3.05) is 7.05 Å². The molecule has 0 radical (unpaired) electrons. The number of nitrogens with zero attached hydrogens (tertiary/aromatic N) is 2. The molecule has 0 aliphatic heterocycles. The van der Waals surface area contributed by atoms with Crippen LogP contribution in [0, 0.1) is 0 Å². The van der Waals surface area contributed by atoms with Crippen molar-refractivity contribution >= 4 is 26.0 Å². The lowest BCUT2D eigenvalue weighted by atomic mass is 10.2. The van der Waals surface area contributed by atoms with E-state index < -0.39 is 10.0 Å². The molecular weight excluding hydrogens is 318 g/mol. The van der Waals surface area contributed by atoms with Crippen molar-refractivity contribution in [2.45, 2.75) is 11.6 Å². The number of benzene rings is 1. The third-order valence-electron chi connectivity index (χ3n) is 2.48. The minimum Gasteiger partial charge on any atom is -0.335 e. The van der Waals surface area contributed by atoms with Crippen molar-refractivity contribution in [3.05, 3.63) is 46.8 Å². The Kier molecular flexibility index (Phi) is 3.84. The molecule has 0 atom stereocenters. The zero-order chi connectivity index (χ0) is 13.2. The molecule has 1 heterocycles. The first-order chi connectivity index (χ1) is 8.50. The lowest BCUT2D eigenvalue weighted by Gasteiger charge is -2.15. The Bertz CT molecular complexity index is 608. The van der Waals surface area contributed by atoms with Crippen LogP contribution in [0.25, 0.3) is 0 Å². The molecule has 2 rings (SSSR count). The predicted octanol–water partition coefficient (Wildman–Crippen LogP) is 1.99. The molecule has 0 amide bonds. The highest BCUT2D eigenvalue weighted by molar-refractivity contribution is 9.10. The van der Waals surface area contributed by atoms with Crippen molar-refractivity contribution < 1.29 is 8.42 Å². The van der Waals surface area contributed by atoms with Gasteiger partial charge in [-0.15, -0.1) is 0 Å². The van der Waals surface area contributed by atoms with Crippen LogP contribution < -0.4 is 0 Å². The van der Waals surface area contributed by atoms with E-state index in [0.717, 1.165) is 10.0 Å². The summed E-state index contributed by atoms with van der Waals surface area (Å²) in [6, 6.07) is 7.52. The van der Waals surface area contributed by atoms with Crippen molar-refractivity contribution in [1.29, 1.82) is 0 Å². The van der Waals surface area contributed by atoms with Crippen molar-refractivity contribution in [2.24, 2.45) is 0 Å². The fraction of sp³-hybridized carbons (Fsp3) is 0.182. The summed E-state index contributed by atoms with van der Waals surface area (Å²) in [6.45, 7) is 0.314. The molecule has 5 nitrogen and oxygen atoms in total. The van der Waals surface area contributed by atoms with Crippen LogP contribution in [-0.4, -0.2) is 29.7 Å². The van der Waals surface area contributed by atoms with Gasteiger partial charge in [-0.2, -0.15) is 4.31 Å². The van der Waals surface area contributed by atoms with Gasteiger partial charge in [-0.3, -0.25) is 0 Å². The van der Waals surface area contributed by atoms with Crippen LogP contribution >= 0.6 is 15.9 Å². The average Bonchev–Trinajstić information content (AvgIpc) is 2.86. The van der Waals surface area contributed by atoms with Crippen LogP contribution in [0.4, 0.5) is 0 Å². The van der Waals surface area contributed by atoms with Crippen LogP contribution in [0.2, 0.25) is 0 Å². The topological polar surface area (TPSA) is 66.1 Å². The van der Waals surface area contributed by atoms with Crippen molar-refractivity contribution in [3.8, 4) is 0 Å². The molecule has 2 aromatic rings. The van der Waals surface area contributed by atoms with Gasteiger partial charge in [0, 0.05) is 18.1 Å². The predicted molar refractivity (Wildman–Crippen MR) is 71.4 cm³/mol. The molecule has 0 unspecified atom stereocenters. The second kappa shape index (κ2) is 5.21. The number of hydrogen-bond donors (Lipinski definition) is 1. The standard InChI is InChI=1S/C11H12BrN3O2S/c1-15(7-9-2-4-10(12)5-3-9)18(16,17)11-6-13-8-14-11/h2-6,8H,7H2,1H3,(H,13,14). The zero-order valence-electron chi connectivity index (χ0n) is 9.67. The van der Waals surface area contributed by atoms with Crippen LogP contribution in [-0.2, 0) is 16.6 Å². The second-order valence-corrected chi connectivity index (χ2v) is 6.73. The molecule has 1 aromatic heterocycles. The zero-order valence-corrected chi connectivity index (χ0v) is 12.1. The van der Waals surface area contributed by atoms with Gasteiger partial charge in [0.05, 0.1) is 12.5 Å². The van der Waals surface area contributed by atoms with Gasteiger partial charge in [0.2, 0.25) is 0 Å². The molecule has 0 aliphatic carbocycles. The van der Waals surface area contributed by atoms with Crippen LogP contribution in [0.5, 0.6) is 0 Å². The molecule has 0 aliphatic rings. The Hall–Kier alpha value is -1.18. The Morgan fingerprint density at radius 2 is 2.00 bits per heavy atom. The fourth-order valence-corrected chi connectivity index (χ4v) is 2.80. The first-order valence-electron chi connectivity index (χ1n) is 5.19. The van der Waals surface area contributed by atoms with Crippen LogP contribution in [0.1, 0.15) is 5.56 Å². The highest BCUT2D eigenvalue weighted by atomic mass is 79.9. The number of imidazole rings is 1. The SMILES string of the molecule is CN(Cc1ccc(Br)cc1)S(=O)(=O)c1cnc[nH]1. The molecule has 0 saturated carbocycles. The number of aromatic nitrogens is 2. The third kappa shape index (κ3) is 2.80. The largest absolute Gasteiger partial charge is 0.335 e. The van der Waals surface area contributed by atoms with Gasteiger partial charge in [-0.1, -0.05) is 28.1 Å². The normalized spacial score (nSPS) is 11.9. The highest BCUT2D eigenvalue weighted by Gasteiger charge is 2.21. The lowest BCUT2D eigenvalue weighted by molar-refractivity contribution is 0.464. The van der Waals surface area contributed by atoms with Gasteiger partial charge in [-0.05, 0) is 17.7 Å². The third-order valence-corrected chi connectivity index (χ3v) is 4.74. The summed E-state index contributed by atoms with van der Waals surface area (Å²) in [5, 5.41) is 0.0992. The van der Waals surface area contributed by atoms with Crippen LogP contribution in [0.15, 0.2) is 46.3 Å². The van der Waals surface area contributed by atoms with Gasteiger partial charge >= 0.3 is 0 Å². The highest BCUT2D eigenvalue weighted by Crippen LogP contribution is 2.16. The summed E-state index contributed by atoms with van der Waals surface area (Å²) in [6.07, 6.45) is 2.65. The summed E-state index contributed by atoms with van der Waals surface area (Å²) >= 11 is 3.34. The number of halogens is 1. The molecule has 1 N–H and O–H groups in total. The number of sulfonamides is 1. The maximum atomic E-state index is 12.1. The molecule has 0 bridgehead atoms. The van der Waals surface area contributed by atoms with E-state index in [4.69, 9.17) is 0 Å². The van der Waals surface area contributed by atoms with E-state index in [1.54, 1.807) is 0 Å². The minimum absolute atomic E-state index is 0.0992. The Balaban J connectivity index is 2.17. The Morgan fingerprint density at radius 3 is 2.56 bits per heavy atom. The van der Waals surface area contributed by atoms with Gasteiger partial charge in [0.15, 0.2) is 5.03 Å². The summed E-state index contributed by atoms with van der Waals surface area (Å²) in [5.41, 5.74) is 0.920. The first-order valence-corrected chi connectivity index (χ1v) is 7.42. The summed E-state index contributed by atoms with van der Waals surface area (Å²) < 4.78 is 26.5. The van der Waals surface area contributed by atoms with E-state index in [1.165, 1.54) is 23.9 Å². The van der Waals surface area contributed by atoms with Crippen molar-refractivity contribution in [3.63, 3.8) is 0 Å². The Labute approximate surface area is 114 Å². The number of hydrogen-bond acceptors (Lipinski definition) is 3.